The molecule has 0 spiro atoms. The fourth-order valence-electron chi connectivity index (χ4n) is 4.03. The summed E-state index contributed by atoms with van der Waals surface area (Å²) >= 11 is 0. The van der Waals surface area contributed by atoms with Crippen molar-refractivity contribution in [1.29, 1.82) is 0 Å². The minimum absolute atomic E-state index is 0. The average molecular weight is 561 g/mol. The van der Waals surface area contributed by atoms with Gasteiger partial charge in [0, 0.05) is 51.2 Å². The third-order valence-electron chi connectivity index (χ3n) is 5.98. The van der Waals surface area contributed by atoms with Gasteiger partial charge in [-0.3, -0.25) is 9.69 Å². The van der Waals surface area contributed by atoms with Gasteiger partial charge in [-0.1, -0.05) is 33.6 Å². The number of nitrogens with one attached hydrogen (secondary N) is 1. The molecule has 1 N–H and O–H groups in total. The monoisotopic (exact) mass is 560 g/mol. The second kappa shape index (κ2) is 12.8. The van der Waals surface area contributed by atoms with E-state index in [1.54, 1.807) is 6.20 Å². The van der Waals surface area contributed by atoms with Crippen LogP contribution in [0.15, 0.2) is 15.6 Å². The predicted octanol–water partition coefficient (Wildman–Crippen LogP) is 3.08. The molecule has 1 aromatic rings. The average Bonchev–Trinajstić information content (AvgIpc) is 3.06. The third kappa shape index (κ3) is 7.90. The number of hydrogen-bond acceptors (Lipinski definition) is 5. The van der Waals surface area contributed by atoms with Crippen LogP contribution in [0.5, 0.6) is 0 Å². The maximum absolute atomic E-state index is 12.7. The highest BCUT2D eigenvalue weighted by Gasteiger charge is 2.24. The molecule has 0 radical (unpaired) electrons. The number of aromatic nitrogens is 1. The van der Waals surface area contributed by atoms with Crippen molar-refractivity contribution >= 4 is 35.8 Å². The van der Waals surface area contributed by atoms with Gasteiger partial charge in [0.05, 0.1) is 12.7 Å². The highest BCUT2D eigenvalue weighted by atomic mass is 127. The summed E-state index contributed by atoms with van der Waals surface area (Å²) in [5.74, 6) is 2.69. The van der Waals surface area contributed by atoms with Crippen molar-refractivity contribution in [2.45, 2.75) is 65.3 Å². The molecule has 2 aliphatic heterocycles. The number of piperazine rings is 1. The fourth-order valence-corrected chi connectivity index (χ4v) is 4.03. The van der Waals surface area contributed by atoms with Crippen LogP contribution in [0.1, 0.15) is 65.0 Å². The molecular formula is C23H41IN6O2. The van der Waals surface area contributed by atoms with Crippen molar-refractivity contribution in [2.24, 2.45) is 4.99 Å². The molecule has 182 valence electrons. The summed E-state index contributed by atoms with van der Waals surface area (Å²) in [7, 11) is 0. The Kier molecular flexibility index (Phi) is 10.7. The minimum Gasteiger partial charge on any atom is -0.443 e. The highest BCUT2D eigenvalue weighted by molar-refractivity contribution is 14.0. The molecule has 0 atom stereocenters. The van der Waals surface area contributed by atoms with Crippen LogP contribution in [0.4, 0.5) is 0 Å². The van der Waals surface area contributed by atoms with E-state index in [-0.39, 0.29) is 35.3 Å². The minimum atomic E-state index is -0.0550. The van der Waals surface area contributed by atoms with E-state index in [0.717, 1.165) is 70.4 Å². The number of guanidine groups is 1. The smallest absolute Gasteiger partial charge is 0.236 e. The van der Waals surface area contributed by atoms with E-state index in [9.17, 15) is 4.79 Å². The maximum Gasteiger partial charge on any atom is 0.236 e. The van der Waals surface area contributed by atoms with Crippen LogP contribution in [-0.4, -0.2) is 83.9 Å². The number of hydrogen-bond donors (Lipinski definition) is 1. The lowest BCUT2D eigenvalue weighted by atomic mass is 9.94. The van der Waals surface area contributed by atoms with Gasteiger partial charge in [-0.25, -0.2) is 9.98 Å². The molecule has 8 nitrogen and oxygen atoms in total. The summed E-state index contributed by atoms with van der Waals surface area (Å²) in [5, 5.41) is 3.39. The van der Waals surface area contributed by atoms with Gasteiger partial charge < -0.3 is 19.5 Å². The first-order valence-electron chi connectivity index (χ1n) is 11.9. The Hall–Kier alpha value is -1.36. The molecule has 2 fully saturated rings. The molecule has 3 heterocycles. The Morgan fingerprint density at radius 1 is 1.06 bits per heavy atom. The molecule has 0 unspecified atom stereocenters. The van der Waals surface area contributed by atoms with Crippen molar-refractivity contribution in [2.75, 3.05) is 52.4 Å². The first kappa shape index (κ1) is 26.9. The van der Waals surface area contributed by atoms with Crippen molar-refractivity contribution in [3.63, 3.8) is 0 Å². The Bertz CT molecular complexity index is 729. The van der Waals surface area contributed by atoms with Crippen LogP contribution in [0.3, 0.4) is 0 Å². The SMILES string of the molecule is CCNC(=NCc1ncc(C(C)(C)C)o1)N1CCN(CC(=O)N2CCCCCC2)CC1.I. The van der Waals surface area contributed by atoms with Crippen LogP contribution >= 0.6 is 24.0 Å². The molecule has 9 heteroatoms. The number of carbonyl (C=O) groups is 1. The van der Waals surface area contributed by atoms with E-state index in [0.29, 0.717) is 19.0 Å². The molecule has 1 aromatic heterocycles. The predicted molar refractivity (Wildman–Crippen MR) is 138 cm³/mol. The van der Waals surface area contributed by atoms with Crippen molar-refractivity contribution in [1.82, 2.24) is 25.0 Å². The second-order valence-corrected chi connectivity index (χ2v) is 9.60. The standard InChI is InChI=1S/C23H40N6O2.HI/c1-5-24-22(26-17-20-25-16-19(31-20)23(2,3)4)29-14-12-27(13-15-29)18-21(30)28-10-8-6-7-9-11-28;/h16H,5-15,17-18H2,1-4H3,(H,24,26);1H. The van der Waals surface area contributed by atoms with Crippen LogP contribution in [0.2, 0.25) is 0 Å². The zero-order valence-electron chi connectivity index (χ0n) is 20.2. The van der Waals surface area contributed by atoms with Gasteiger partial charge in [0.25, 0.3) is 0 Å². The van der Waals surface area contributed by atoms with Gasteiger partial charge in [0.15, 0.2) is 5.96 Å². The molecule has 0 bridgehead atoms. The lowest BCUT2D eigenvalue weighted by molar-refractivity contribution is -0.132. The molecule has 2 aliphatic rings. The number of oxazole rings is 1. The number of rotatable bonds is 5. The number of amides is 1. The summed E-state index contributed by atoms with van der Waals surface area (Å²) in [6.45, 7) is 15.5. The summed E-state index contributed by atoms with van der Waals surface area (Å²) in [6.07, 6.45) is 6.59. The number of carbonyl (C=O) groups excluding carboxylic acids is 1. The normalized spacial score (nSPS) is 18.8. The van der Waals surface area contributed by atoms with Crippen molar-refractivity contribution in [3.8, 4) is 0 Å². The lowest BCUT2D eigenvalue weighted by Gasteiger charge is -2.37. The van der Waals surface area contributed by atoms with E-state index in [1.807, 2.05) is 0 Å². The van der Waals surface area contributed by atoms with E-state index in [1.165, 1.54) is 12.8 Å². The molecule has 1 amide bonds. The van der Waals surface area contributed by atoms with Crippen LogP contribution < -0.4 is 5.32 Å². The first-order valence-corrected chi connectivity index (χ1v) is 11.9. The molecule has 0 saturated carbocycles. The largest absolute Gasteiger partial charge is 0.443 e. The molecule has 2 saturated heterocycles. The van der Waals surface area contributed by atoms with Crippen LogP contribution in [0, 0.1) is 0 Å². The van der Waals surface area contributed by atoms with Gasteiger partial charge in [0.1, 0.15) is 12.3 Å². The first-order chi connectivity index (χ1) is 14.9. The van der Waals surface area contributed by atoms with Gasteiger partial charge in [-0.05, 0) is 19.8 Å². The fraction of sp³-hybridized carbons (Fsp3) is 0.783. The Morgan fingerprint density at radius 2 is 1.72 bits per heavy atom. The van der Waals surface area contributed by atoms with E-state index < -0.39 is 0 Å². The molecule has 32 heavy (non-hydrogen) atoms. The number of nitrogens with zero attached hydrogens (tertiary/aromatic N) is 5. The number of aliphatic imine (C=N–C) groups is 1. The lowest BCUT2D eigenvalue weighted by Crippen LogP contribution is -2.54. The summed E-state index contributed by atoms with van der Waals surface area (Å²) in [4.78, 5) is 28.4. The van der Waals surface area contributed by atoms with Gasteiger partial charge in [0.2, 0.25) is 11.8 Å². The van der Waals surface area contributed by atoms with Crippen LogP contribution in [-0.2, 0) is 16.8 Å². The quantitative estimate of drug-likeness (QED) is 0.339. The molecule has 0 aromatic carbocycles. The Labute approximate surface area is 210 Å². The van der Waals surface area contributed by atoms with Crippen LogP contribution in [0.25, 0.3) is 0 Å². The summed E-state index contributed by atoms with van der Waals surface area (Å²) in [6, 6.07) is 0. The van der Waals surface area contributed by atoms with Gasteiger partial charge >= 0.3 is 0 Å². The van der Waals surface area contributed by atoms with Gasteiger partial charge in [-0.2, -0.15) is 0 Å². The van der Waals surface area contributed by atoms with Crippen molar-refractivity contribution in [3.05, 3.63) is 17.8 Å². The number of likely N-dealkylation sites (tertiary alicyclic amines) is 1. The van der Waals surface area contributed by atoms with Gasteiger partial charge in [-0.15, -0.1) is 24.0 Å². The van der Waals surface area contributed by atoms with E-state index in [4.69, 9.17) is 9.41 Å². The summed E-state index contributed by atoms with van der Waals surface area (Å²) in [5.41, 5.74) is -0.0550. The highest BCUT2D eigenvalue weighted by Crippen LogP contribution is 2.22. The second-order valence-electron chi connectivity index (χ2n) is 9.60. The molecular weight excluding hydrogens is 519 g/mol. The Morgan fingerprint density at radius 3 is 2.28 bits per heavy atom. The molecule has 3 rings (SSSR count). The third-order valence-corrected chi connectivity index (χ3v) is 5.98. The van der Waals surface area contributed by atoms with E-state index >= 15 is 0 Å². The summed E-state index contributed by atoms with van der Waals surface area (Å²) < 4.78 is 5.88. The zero-order chi connectivity index (χ0) is 22.3. The Balaban J connectivity index is 0.00000363. The molecule has 0 aliphatic carbocycles. The van der Waals surface area contributed by atoms with Crippen molar-refractivity contribution < 1.29 is 9.21 Å². The zero-order valence-corrected chi connectivity index (χ0v) is 22.6. The van der Waals surface area contributed by atoms with E-state index in [2.05, 4.69) is 52.7 Å². The number of halogens is 1. The maximum atomic E-state index is 12.7. The topological polar surface area (TPSA) is 77.2 Å².